The number of amides is 2. The Balaban J connectivity index is 1.50. The molecule has 4 rings (SSSR count). The van der Waals surface area contributed by atoms with Crippen LogP contribution in [0.15, 0.2) is 32.5 Å². The normalized spacial score (nSPS) is 20.0. The van der Waals surface area contributed by atoms with Gasteiger partial charge in [0.15, 0.2) is 15.2 Å². The number of thiazole rings is 1. The largest absolute Gasteiger partial charge is 0.477 e. The number of rotatable bonds is 8. The van der Waals surface area contributed by atoms with E-state index in [4.69, 9.17) is 5.73 Å². The number of anilines is 1. The van der Waals surface area contributed by atoms with Gasteiger partial charge < -0.3 is 21.0 Å². The monoisotopic (exact) mass is 541 g/mol. The minimum Gasteiger partial charge on any atom is -0.477 e. The summed E-state index contributed by atoms with van der Waals surface area (Å²) in [5.41, 5.74) is 5.82. The van der Waals surface area contributed by atoms with Crippen LogP contribution < -0.4 is 11.1 Å². The van der Waals surface area contributed by atoms with Gasteiger partial charge in [0.25, 0.3) is 11.8 Å². The molecule has 2 aliphatic rings. The third kappa shape index (κ3) is 4.91. The first kappa shape index (κ1) is 24.1. The number of β-lactam (4-membered cyclic amide) rings is 1. The predicted octanol–water partition coefficient (Wildman–Crippen LogP) is 0.375. The van der Waals surface area contributed by atoms with Crippen molar-refractivity contribution in [1.29, 1.82) is 0 Å². The second-order valence-corrected chi connectivity index (χ2v) is 10.7. The van der Waals surface area contributed by atoms with Crippen LogP contribution in [0.2, 0.25) is 0 Å². The molecule has 1 unspecified atom stereocenters. The molecular weight excluding hydrogens is 526 g/mol. The van der Waals surface area contributed by atoms with Gasteiger partial charge >= 0.3 is 11.9 Å². The molecule has 0 saturated carbocycles. The number of nitrogen functional groups attached to an aromatic ring is 1. The average Bonchev–Trinajstić information content (AvgIpc) is 3.47. The molecule has 2 atom stereocenters. The van der Waals surface area contributed by atoms with E-state index in [0.717, 1.165) is 18.3 Å². The van der Waals surface area contributed by atoms with E-state index in [9.17, 15) is 24.3 Å². The molecule has 4 N–H and O–H groups in total. The Morgan fingerprint density at radius 2 is 2.24 bits per heavy atom. The number of hydrogen-bond donors (Lipinski definition) is 3. The highest BCUT2D eigenvalue weighted by atomic mass is 32.2. The molecule has 0 bridgehead atoms. The van der Waals surface area contributed by atoms with Crippen molar-refractivity contribution in [3.05, 3.63) is 28.7 Å². The number of carbonyl (C=O) groups excluding carboxylic acids is 3. The van der Waals surface area contributed by atoms with Crippen LogP contribution >= 0.6 is 46.4 Å². The van der Waals surface area contributed by atoms with Crippen LogP contribution in [0.4, 0.5) is 5.13 Å². The fourth-order valence-corrected chi connectivity index (χ4v) is 6.57. The molecule has 2 amide bonds. The molecule has 0 radical (unpaired) electrons. The SMILES string of the molecule is CC(=O)O/N=C(/C(=O)NC1C(=O)N2C(C(=O)O)=C(CSc3ncns3)CS[C@H]12)c1csc(N)n1. The van der Waals surface area contributed by atoms with Crippen molar-refractivity contribution >= 4 is 81.0 Å². The molecule has 13 nitrogen and oxygen atoms in total. The lowest BCUT2D eigenvalue weighted by molar-refractivity contribution is -0.150. The first-order chi connectivity index (χ1) is 16.3. The molecule has 34 heavy (non-hydrogen) atoms. The summed E-state index contributed by atoms with van der Waals surface area (Å²) in [4.78, 5) is 62.6. The zero-order valence-corrected chi connectivity index (χ0v) is 20.4. The number of thioether (sulfide) groups is 2. The zero-order valence-electron chi connectivity index (χ0n) is 17.2. The van der Waals surface area contributed by atoms with Crippen molar-refractivity contribution in [2.45, 2.75) is 22.7 Å². The molecule has 1 saturated heterocycles. The van der Waals surface area contributed by atoms with Crippen molar-refractivity contribution < 1.29 is 29.1 Å². The lowest BCUT2D eigenvalue weighted by Crippen LogP contribution is -2.71. The van der Waals surface area contributed by atoms with Gasteiger partial charge in [0, 0.05) is 23.8 Å². The highest BCUT2D eigenvalue weighted by molar-refractivity contribution is 8.01. The summed E-state index contributed by atoms with van der Waals surface area (Å²) in [6.07, 6.45) is 1.41. The first-order valence-electron chi connectivity index (χ1n) is 9.33. The highest BCUT2D eigenvalue weighted by Gasteiger charge is 2.54. The Bertz CT molecular complexity index is 1210. The summed E-state index contributed by atoms with van der Waals surface area (Å²) >= 11 is 4.91. The van der Waals surface area contributed by atoms with Gasteiger partial charge in [0.05, 0.1) is 0 Å². The van der Waals surface area contributed by atoms with Crippen molar-refractivity contribution in [3.8, 4) is 0 Å². The summed E-state index contributed by atoms with van der Waals surface area (Å²) in [5.74, 6) is -2.69. The topological polar surface area (TPSA) is 190 Å². The quantitative estimate of drug-likeness (QED) is 0.137. The van der Waals surface area contributed by atoms with Crippen molar-refractivity contribution in [3.63, 3.8) is 0 Å². The Morgan fingerprint density at radius 3 is 2.85 bits per heavy atom. The maximum absolute atomic E-state index is 12.9. The lowest BCUT2D eigenvalue weighted by Gasteiger charge is -2.49. The Morgan fingerprint density at radius 1 is 1.44 bits per heavy atom. The number of nitrogens with one attached hydrogen (secondary N) is 1. The number of fused-ring (bicyclic) bond motifs is 1. The van der Waals surface area contributed by atoms with E-state index in [0.29, 0.717) is 21.4 Å². The zero-order chi connectivity index (χ0) is 24.4. The van der Waals surface area contributed by atoms with E-state index in [-0.39, 0.29) is 22.2 Å². The fraction of sp³-hybridized carbons (Fsp3) is 0.294. The highest BCUT2D eigenvalue weighted by Crippen LogP contribution is 2.41. The van der Waals surface area contributed by atoms with E-state index >= 15 is 0 Å². The molecule has 17 heteroatoms. The number of carboxylic acid groups (broad SMARTS) is 1. The fourth-order valence-electron chi connectivity index (χ4n) is 3.09. The number of oxime groups is 1. The van der Waals surface area contributed by atoms with Gasteiger partial charge in [-0.05, 0) is 17.1 Å². The Kier molecular flexibility index (Phi) is 7.15. The number of carbonyl (C=O) groups is 4. The van der Waals surface area contributed by atoms with Gasteiger partial charge in [-0.2, -0.15) is 4.37 Å². The van der Waals surface area contributed by atoms with Gasteiger partial charge in [-0.1, -0.05) is 16.9 Å². The van der Waals surface area contributed by atoms with E-state index in [1.165, 1.54) is 51.7 Å². The molecule has 2 aromatic heterocycles. The van der Waals surface area contributed by atoms with Gasteiger partial charge in [-0.15, -0.1) is 23.1 Å². The summed E-state index contributed by atoms with van der Waals surface area (Å²) in [7, 11) is 0. The van der Waals surface area contributed by atoms with Crippen molar-refractivity contribution in [2.24, 2.45) is 5.16 Å². The lowest BCUT2D eigenvalue weighted by atomic mass is 10.0. The molecule has 0 aliphatic carbocycles. The molecule has 178 valence electrons. The number of nitrogens with zero attached hydrogens (tertiary/aromatic N) is 5. The summed E-state index contributed by atoms with van der Waals surface area (Å²) < 4.78 is 4.59. The van der Waals surface area contributed by atoms with Gasteiger partial charge in [0.1, 0.15) is 29.1 Å². The number of aromatic nitrogens is 3. The van der Waals surface area contributed by atoms with E-state index in [1.54, 1.807) is 0 Å². The van der Waals surface area contributed by atoms with Crippen LogP contribution in [0.3, 0.4) is 0 Å². The minimum atomic E-state index is -1.23. The van der Waals surface area contributed by atoms with Gasteiger partial charge in [0.2, 0.25) is 0 Å². The molecule has 0 aromatic carbocycles. The molecule has 2 aliphatic heterocycles. The maximum Gasteiger partial charge on any atom is 0.352 e. The summed E-state index contributed by atoms with van der Waals surface area (Å²) in [6.45, 7) is 1.11. The standard InChI is InChI=1S/C17H15N7O6S4/c1-6(25)30-23-9(8-4-32-16(18)21-8)12(26)22-10-13(27)24-11(15(28)29)7(2-31-14(10)24)3-33-17-19-5-20-34-17/h4-5,10,14H,2-3H2,1H3,(H2,18,21)(H,22,26)(H,28,29)/b23-9+/t10?,14-/m1/s1. The van der Waals surface area contributed by atoms with Gasteiger partial charge in [-0.25, -0.2) is 19.6 Å². The number of carboxylic acids is 1. The van der Waals surface area contributed by atoms with Gasteiger partial charge in [-0.3, -0.25) is 14.5 Å². The van der Waals surface area contributed by atoms with E-state index in [2.05, 4.69) is 29.7 Å². The molecule has 4 heterocycles. The molecule has 0 spiro atoms. The summed E-state index contributed by atoms with van der Waals surface area (Å²) in [6, 6.07) is -0.997. The number of nitrogens with two attached hydrogens (primary N) is 1. The van der Waals surface area contributed by atoms with E-state index in [1.807, 2.05) is 0 Å². The Labute approximate surface area is 208 Å². The van der Waals surface area contributed by atoms with Crippen LogP contribution in [0.5, 0.6) is 0 Å². The second-order valence-electron chi connectivity index (χ2n) is 6.71. The molecule has 2 aromatic rings. The van der Waals surface area contributed by atoms with Crippen molar-refractivity contribution in [1.82, 2.24) is 24.6 Å². The van der Waals surface area contributed by atoms with Crippen LogP contribution in [0, 0.1) is 0 Å². The Hall–Kier alpha value is -3.02. The van der Waals surface area contributed by atoms with Crippen molar-refractivity contribution in [2.75, 3.05) is 17.2 Å². The number of hydrogen-bond acceptors (Lipinski definition) is 14. The van der Waals surface area contributed by atoms with Crippen LogP contribution in [-0.2, 0) is 24.0 Å². The molecular formula is C17H15N7O6S4. The predicted molar refractivity (Wildman–Crippen MR) is 125 cm³/mol. The average molecular weight is 542 g/mol. The third-order valence-corrected chi connectivity index (χ3v) is 8.39. The smallest absolute Gasteiger partial charge is 0.352 e. The minimum absolute atomic E-state index is 0.0725. The van der Waals surface area contributed by atoms with Crippen LogP contribution in [0.25, 0.3) is 0 Å². The summed E-state index contributed by atoms with van der Waals surface area (Å²) in [5, 5.41) is 16.9. The second kappa shape index (κ2) is 10.1. The van der Waals surface area contributed by atoms with Crippen LogP contribution in [-0.4, -0.2) is 76.7 Å². The third-order valence-electron chi connectivity index (χ3n) is 4.49. The number of aliphatic carboxylic acids is 1. The van der Waals surface area contributed by atoms with Crippen LogP contribution in [0.1, 0.15) is 12.6 Å². The maximum atomic E-state index is 12.9. The molecule has 1 fully saturated rings. The van der Waals surface area contributed by atoms with E-state index < -0.39 is 35.2 Å². The first-order valence-corrected chi connectivity index (χ1v) is 13.0.